The summed E-state index contributed by atoms with van der Waals surface area (Å²) in [4.78, 5) is 0. The van der Waals surface area contributed by atoms with E-state index in [1.165, 1.54) is 5.56 Å². The predicted molar refractivity (Wildman–Crippen MR) is 68.2 cm³/mol. The van der Waals surface area contributed by atoms with Crippen LogP contribution in [0.1, 0.15) is 5.56 Å². The largest absolute Gasteiger partial charge is 0.488 e. The smallest absolute Gasteiger partial charge is 0.123 e. The van der Waals surface area contributed by atoms with Crippen molar-refractivity contribution in [2.75, 3.05) is 19.7 Å². The van der Waals surface area contributed by atoms with E-state index in [9.17, 15) is 5.11 Å². The fourth-order valence-electron chi connectivity index (χ4n) is 1.88. The number of ether oxygens (including phenoxy) is 1. The zero-order valence-corrected chi connectivity index (χ0v) is 11.0. The monoisotopic (exact) mass is 301 g/mol. The molecule has 1 aromatic rings. The Kier molecular flexibility index (Phi) is 4.39. The van der Waals surface area contributed by atoms with Crippen molar-refractivity contribution in [3.63, 3.8) is 0 Å². The first-order valence-electron chi connectivity index (χ1n) is 5.63. The number of hydrogen-bond acceptors (Lipinski definition) is 4. The average Bonchev–Trinajstić information content (AvgIpc) is 2.70. The Morgan fingerprint density at radius 3 is 3.12 bits per heavy atom. The van der Waals surface area contributed by atoms with Gasteiger partial charge in [0.2, 0.25) is 0 Å². The van der Waals surface area contributed by atoms with E-state index >= 15 is 0 Å². The molecule has 17 heavy (non-hydrogen) atoms. The first kappa shape index (κ1) is 12.8. The topological polar surface area (TPSA) is 61.7 Å². The fraction of sp³-hybridized carbons (Fsp3) is 0.500. The first-order valence-corrected chi connectivity index (χ1v) is 6.43. The highest BCUT2D eigenvalue weighted by molar-refractivity contribution is 9.10. The van der Waals surface area contributed by atoms with Crippen molar-refractivity contribution < 1.29 is 14.9 Å². The molecule has 0 saturated carbocycles. The molecule has 1 aromatic carbocycles. The number of aliphatic hydroxyl groups excluding tert-OH is 2. The zero-order valence-electron chi connectivity index (χ0n) is 9.40. The van der Waals surface area contributed by atoms with Crippen molar-refractivity contribution in [2.45, 2.75) is 18.6 Å². The molecular formula is C12H16BrNO3. The van der Waals surface area contributed by atoms with Crippen LogP contribution in [0.25, 0.3) is 0 Å². The number of halogens is 1. The van der Waals surface area contributed by atoms with Crippen LogP contribution in [0.3, 0.4) is 0 Å². The van der Waals surface area contributed by atoms with Gasteiger partial charge in [0, 0.05) is 24.0 Å². The summed E-state index contributed by atoms with van der Waals surface area (Å²) in [7, 11) is 0. The Bertz CT molecular complexity index is 386. The van der Waals surface area contributed by atoms with Gasteiger partial charge in [-0.3, -0.25) is 0 Å². The molecule has 0 aromatic heterocycles. The number of hydrogen-bond donors (Lipinski definition) is 3. The van der Waals surface area contributed by atoms with Crippen molar-refractivity contribution in [3.05, 3.63) is 28.2 Å². The molecule has 0 bridgehead atoms. The van der Waals surface area contributed by atoms with Gasteiger partial charge in [-0.1, -0.05) is 15.9 Å². The molecule has 0 aliphatic carbocycles. The van der Waals surface area contributed by atoms with Crippen LogP contribution in [-0.4, -0.2) is 42.1 Å². The van der Waals surface area contributed by atoms with Crippen LogP contribution in [0.2, 0.25) is 0 Å². The van der Waals surface area contributed by atoms with E-state index in [0.29, 0.717) is 13.1 Å². The maximum atomic E-state index is 9.18. The number of rotatable bonds is 5. The minimum Gasteiger partial charge on any atom is -0.488 e. The standard InChI is InChI=1S/C12H16BrNO3/c13-9-1-2-12-8(3-9)4-11(17-12)6-14-5-10(16)7-15/h1-3,10-11,14-16H,4-7H2. The third-order valence-electron chi connectivity index (χ3n) is 2.73. The predicted octanol–water partition coefficient (Wildman–Crippen LogP) is 0.695. The van der Waals surface area contributed by atoms with Gasteiger partial charge in [-0.25, -0.2) is 0 Å². The van der Waals surface area contributed by atoms with Crippen LogP contribution in [-0.2, 0) is 6.42 Å². The number of nitrogens with one attached hydrogen (secondary N) is 1. The van der Waals surface area contributed by atoms with E-state index in [1.807, 2.05) is 12.1 Å². The summed E-state index contributed by atoms with van der Waals surface area (Å²) in [6.45, 7) is 0.839. The Morgan fingerprint density at radius 1 is 1.53 bits per heavy atom. The second-order valence-corrected chi connectivity index (χ2v) is 5.11. The molecule has 1 aliphatic heterocycles. The highest BCUT2D eigenvalue weighted by Crippen LogP contribution is 2.30. The third kappa shape index (κ3) is 3.42. The molecule has 4 nitrogen and oxygen atoms in total. The molecule has 2 unspecified atom stereocenters. The van der Waals surface area contributed by atoms with Gasteiger partial charge in [0.25, 0.3) is 0 Å². The summed E-state index contributed by atoms with van der Waals surface area (Å²) in [5, 5.41) is 20.9. The zero-order chi connectivity index (χ0) is 12.3. The SMILES string of the molecule is OCC(O)CNCC1Cc2cc(Br)ccc2O1. The van der Waals surface area contributed by atoms with Crippen molar-refractivity contribution in [3.8, 4) is 5.75 Å². The van der Waals surface area contributed by atoms with Crippen LogP contribution in [0.5, 0.6) is 5.75 Å². The van der Waals surface area contributed by atoms with Gasteiger partial charge < -0.3 is 20.3 Å². The summed E-state index contributed by atoms with van der Waals surface area (Å²) in [5.74, 6) is 0.933. The average molecular weight is 302 g/mol. The molecule has 2 atom stereocenters. The lowest BCUT2D eigenvalue weighted by atomic mass is 10.1. The van der Waals surface area contributed by atoms with Gasteiger partial charge >= 0.3 is 0 Å². The van der Waals surface area contributed by atoms with Gasteiger partial charge in [0.1, 0.15) is 11.9 Å². The molecule has 94 valence electrons. The molecule has 0 amide bonds. The molecular weight excluding hydrogens is 286 g/mol. The van der Waals surface area contributed by atoms with E-state index < -0.39 is 6.10 Å². The lowest BCUT2D eigenvalue weighted by molar-refractivity contribution is 0.0916. The fourth-order valence-corrected chi connectivity index (χ4v) is 2.29. The lowest BCUT2D eigenvalue weighted by Crippen LogP contribution is -2.36. The molecule has 3 N–H and O–H groups in total. The molecule has 0 saturated heterocycles. The molecule has 0 fully saturated rings. The van der Waals surface area contributed by atoms with Crippen LogP contribution < -0.4 is 10.1 Å². The quantitative estimate of drug-likeness (QED) is 0.749. The van der Waals surface area contributed by atoms with Gasteiger partial charge in [-0.15, -0.1) is 0 Å². The number of fused-ring (bicyclic) bond motifs is 1. The Balaban J connectivity index is 1.80. The molecule has 5 heteroatoms. The van der Waals surface area contributed by atoms with Crippen molar-refractivity contribution in [2.24, 2.45) is 0 Å². The first-order chi connectivity index (χ1) is 8.19. The van der Waals surface area contributed by atoms with E-state index in [-0.39, 0.29) is 12.7 Å². The summed E-state index contributed by atoms with van der Waals surface area (Å²) in [6, 6.07) is 5.99. The summed E-state index contributed by atoms with van der Waals surface area (Å²) in [5.41, 5.74) is 1.20. The Hall–Kier alpha value is -0.620. The van der Waals surface area contributed by atoms with Crippen molar-refractivity contribution >= 4 is 15.9 Å². The second kappa shape index (κ2) is 5.82. The summed E-state index contributed by atoms with van der Waals surface area (Å²) < 4.78 is 6.81. The highest BCUT2D eigenvalue weighted by Gasteiger charge is 2.22. The van der Waals surface area contributed by atoms with Gasteiger partial charge in [-0.2, -0.15) is 0 Å². The van der Waals surface area contributed by atoms with Crippen LogP contribution in [0.4, 0.5) is 0 Å². The minimum atomic E-state index is -0.701. The van der Waals surface area contributed by atoms with E-state index in [1.54, 1.807) is 0 Å². The van der Waals surface area contributed by atoms with Crippen LogP contribution >= 0.6 is 15.9 Å². The van der Waals surface area contributed by atoms with E-state index in [0.717, 1.165) is 16.6 Å². The van der Waals surface area contributed by atoms with Gasteiger partial charge in [0.05, 0.1) is 12.7 Å². The summed E-state index contributed by atoms with van der Waals surface area (Å²) in [6.07, 6.45) is 0.273. The van der Waals surface area contributed by atoms with Crippen LogP contribution in [0, 0.1) is 0 Å². The molecule has 2 rings (SSSR count). The highest BCUT2D eigenvalue weighted by atomic mass is 79.9. The third-order valence-corrected chi connectivity index (χ3v) is 3.22. The van der Waals surface area contributed by atoms with E-state index in [4.69, 9.17) is 9.84 Å². The lowest BCUT2D eigenvalue weighted by Gasteiger charge is -2.13. The maximum Gasteiger partial charge on any atom is 0.123 e. The Labute approximate surface area is 109 Å². The van der Waals surface area contributed by atoms with Gasteiger partial charge in [-0.05, 0) is 23.8 Å². The van der Waals surface area contributed by atoms with E-state index in [2.05, 4.69) is 27.3 Å². The second-order valence-electron chi connectivity index (χ2n) is 4.19. The molecule has 0 spiro atoms. The molecule has 1 aliphatic rings. The Morgan fingerprint density at radius 2 is 2.35 bits per heavy atom. The van der Waals surface area contributed by atoms with Gasteiger partial charge in [0.15, 0.2) is 0 Å². The summed E-state index contributed by atoms with van der Waals surface area (Å²) >= 11 is 3.43. The normalized spacial score (nSPS) is 19.8. The number of aliphatic hydroxyl groups is 2. The number of benzene rings is 1. The minimum absolute atomic E-state index is 0.102. The van der Waals surface area contributed by atoms with Crippen molar-refractivity contribution in [1.29, 1.82) is 0 Å². The van der Waals surface area contributed by atoms with Crippen LogP contribution in [0.15, 0.2) is 22.7 Å². The molecule has 0 radical (unpaired) electrons. The maximum absolute atomic E-state index is 9.18. The molecule has 1 heterocycles. The van der Waals surface area contributed by atoms with Crippen molar-refractivity contribution in [1.82, 2.24) is 5.32 Å².